The van der Waals surface area contributed by atoms with E-state index in [1.54, 1.807) is 24.3 Å². The van der Waals surface area contributed by atoms with E-state index in [0.29, 0.717) is 32.9 Å². The molecule has 156 valence electrons. The van der Waals surface area contributed by atoms with Crippen molar-refractivity contribution in [3.63, 3.8) is 0 Å². The maximum Gasteiger partial charge on any atom is 0.293 e. The lowest BCUT2D eigenvalue weighted by Gasteiger charge is -2.13. The minimum Gasteiger partial charge on any atom is -0.489 e. The van der Waals surface area contributed by atoms with Crippen LogP contribution in [-0.2, 0) is 17.9 Å². The molecule has 1 aliphatic heterocycles. The number of amides is 2. The Hall–Kier alpha value is -2.73. The second-order valence-electron chi connectivity index (χ2n) is 6.85. The number of hydrogen-bond donors (Lipinski definition) is 0. The normalized spacial score (nSPS) is 15.0. The molecule has 0 radical (unpaired) electrons. The molecule has 1 fully saturated rings. The van der Waals surface area contributed by atoms with Crippen LogP contribution in [0.4, 0.5) is 4.79 Å². The first kappa shape index (κ1) is 21.5. The van der Waals surface area contributed by atoms with Crippen LogP contribution in [0.25, 0.3) is 6.08 Å². The third kappa shape index (κ3) is 5.31. The lowest BCUT2D eigenvalue weighted by Crippen LogP contribution is -2.27. The Bertz CT molecular complexity index is 1160. The highest BCUT2D eigenvalue weighted by molar-refractivity contribution is 8.18. The van der Waals surface area contributed by atoms with E-state index in [0.717, 1.165) is 22.9 Å². The second kappa shape index (κ2) is 9.60. The molecule has 0 aromatic heterocycles. The van der Waals surface area contributed by atoms with E-state index in [-0.39, 0.29) is 17.7 Å². The molecule has 1 aliphatic rings. The zero-order valence-corrected chi connectivity index (χ0v) is 18.6. The van der Waals surface area contributed by atoms with Gasteiger partial charge in [-0.15, -0.1) is 0 Å². The summed E-state index contributed by atoms with van der Waals surface area (Å²) in [5.41, 5.74) is 2.50. The van der Waals surface area contributed by atoms with Gasteiger partial charge in [0, 0.05) is 10.0 Å². The fourth-order valence-corrected chi connectivity index (χ4v) is 4.35. The summed E-state index contributed by atoms with van der Waals surface area (Å²) in [6.07, 6.45) is 1.70. The highest BCUT2D eigenvalue weighted by Crippen LogP contribution is 2.35. The number of carbonyl (C=O) groups is 2. The predicted molar refractivity (Wildman–Crippen MR) is 125 cm³/mol. The molecule has 3 aromatic carbocycles. The molecule has 7 heteroatoms. The van der Waals surface area contributed by atoms with E-state index in [1.807, 2.05) is 54.6 Å². The van der Waals surface area contributed by atoms with Crippen LogP contribution in [0.1, 0.15) is 16.7 Å². The van der Waals surface area contributed by atoms with Crippen molar-refractivity contribution in [1.29, 1.82) is 0 Å². The first-order valence-electron chi connectivity index (χ1n) is 9.46. The average Bonchev–Trinajstić information content (AvgIpc) is 3.02. The van der Waals surface area contributed by atoms with Crippen molar-refractivity contribution in [2.75, 3.05) is 0 Å². The predicted octanol–water partition coefficient (Wildman–Crippen LogP) is 6.81. The van der Waals surface area contributed by atoms with Crippen molar-refractivity contribution >= 4 is 52.2 Å². The van der Waals surface area contributed by atoms with Crippen LogP contribution in [0.3, 0.4) is 0 Å². The molecule has 0 saturated carbocycles. The molecule has 0 aliphatic carbocycles. The minimum absolute atomic E-state index is 0.0955. The fourth-order valence-electron chi connectivity index (χ4n) is 3.04. The summed E-state index contributed by atoms with van der Waals surface area (Å²) < 4.78 is 5.84. The number of nitrogens with zero attached hydrogens (tertiary/aromatic N) is 1. The zero-order valence-electron chi connectivity index (χ0n) is 16.3. The van der Waals surface area contributed by atoms with Crippen LogP contribution < -0.4 is 4.74 Å². The SMILES string of the molecule is O=C1S/C(=C\c2cccc(OCc3ccccc3)c2)C(=O)N1Cc1ccc(Cl)cc1Cl. The maximum absolute atomic E-state index is 12.8. The molecule has 0 atom stereocenters. The van der Waals surface area contributed by atoms with E-state index in [1.165, 1.54) is 4.90 Å². The van der Waals surface area contributed by atoms with Gasteiger partial charge in [0.05, 0.1) is 11.4 Å². The van der Waals surface area contributed by atoms with Gasteiger partial charge in [0.15, 0.2) is 0 Å². The Morgan fingerprint density at radius 3 is 2.52 bits per heavy atom. The molecule has 0 spiro atoms. The summed E-state index contributed by atoms with van der Waals surface area (Å²) >= 11 is 13.0. The molecule has 3 aromatic rings. The number of thioether (sulfide) groups is 1. The van der Waals surface area contributed by atoms with Crippen LogP contribution in [0, 0.1) is 0 Å². The van der Waals surface area contributed by atoms with E-state index < -0.39 is 0 Å². The Morgan fingerprint density at radius 1 is 0.935 bits per heavy atom. The van der Waals surface area contributed by atoms with Crippen LogP contribution in [0.5, 0.6) is 5.75 Å². The highest BCUT2D eigenvalue weighted by atomic mass is 35.5. The lowest BCUT2D eigenvalue weighted by molar-refractivity contribution is -0.123. The van der Waals surface area contributed by atoms with Crippen LogP contribution >= 0.6 is 35.0 Å². The summed E-state index contributed by atoms with van der Waals surface area (Å²) in [7, 11) is 0. The van der Waals surface area contributed by atoms with Crippen molar-refractivity contribution in [1.82, 2.24) is 4.90 Å². The number of rotatable bonds is 6. The number of benzene rings is 3. The molecule has 2 amide bonds. The summed E-state index contributed by atoms with van der Waals surface area (Å²) in [4.78, 5) is 26.8. The Balaban J connectivity index is 1.47. The number of ether oxygens (including phenoxy) is 1. The first-order valence-corrected chi connectivity index (χ1v) is 11.0. The number of hydrogen-bond acceptors (Lipinski definition) is 4. The van der Waals surface area contributed by atoms with Gasteiger partial charge in [-0.3, -0.25) is 14.5 Å². The van der Waals surface area contributed by atoms with E-state index in [4.69, 9.17) is 27.9 Å². The number of carbonyl (C=O) groups excluding carboxylic acids is 2. The molecule has 4 nitrogen and oxygen atoms in total. The van der Waals surface area contributed by atoms with Gasteiger partial charge >= 0.3 is 0 Å². The maximum atomic E-state index is 12.8. The molecule has 0 unspecified atom stereocenters. The molecule has 31 heavy (non-hydrogen) atoms. The Kier molecular flexibility index (Phi) is 6.66. The van der Waals surface area contributed by atoms with Gasteiger partial charge in [-0.05, 0) is 58.8 Å². The third-order valence-corrected chi connectivity index (χ3v) is 6.12. The van der Waals surface area contributed by atoms with Gasteiger partial charge in [0.1, 0.15) is 12.4 Å². The number of imide groups is 1. The van der Waals surface area contributed by atoms with E-state index >= 15 is 0 Å². The minimum atomic E-state index is -0.350. The summed E-state index contributed by atoms with van der Waals surface area (Å²) in [5.74, 6) is 0.335. The largest absolute Gasteiger partial charge is 0.489 e. The van der Waals surface area contributed by atoms with Crippen LogP contribution in [-0.4, -0.2) is 16.0 Å². The monoisotopic (exact) mass is 469 g/mol. The van der Waals surface area contributed by atoms with Gasteiger partial charge in [-0.1, -0.05) is 71.7 Å². The van der Waals surface area contributed by atoms with Gasteiger partial charge < -0.3 is 4.74 Å². The highest BCUT2D eigenvalue weighted by Gasteiger charge is 2.35. The fraction of sp³-hybridized carbons (Fsp3) is 0.0833. The van der Waals surface area contributed by atoms with Gasteiger partial charge in [0.25, 0.3) is 11.1 Å². The van der Waals surface area contributed by atoms with Crippen molar-refractivity contribution in [2.24, 2.45) is 0 Å². The van der Waals surface area contributed by atoms with Gasteiger partial charge in [0.2, 0.25) is 0 Å². The topological polar surface area (TPSA) is 46.6 Å². The summed E-state index contributed by atoms with van der Waals surface area (Å²) in [6.45, 7) is 0.543. The summed E-state index contributed by atoms with van der Waals surface area (Å²) in [6, 6.07) is 22.3. The molecular weight excluding hydrogens is 453 g/mol. The molecule has 1 saturated heterocycles. The first-order chi connectivity index (χ1) is 15.0. The van der Waals surface area contributed by atoms with Crippen LogP contribution in [0.2, 0.25) is 10.0 Å². The zero-order chi connectivity index (χ0) is 21.8. The van der Waals surface area contributed by atoms with E-state index in [2.05, 4.69) is 0 Å². The summed E-state index contributed by atoms with van der Waals surface area (Å²) in [5, 5.41) is 0.578. The molecule has 4 rings (SSSR count). The number of halogens is 2. The van der Waals surface area contributed by atoms with Crippen LogP contribution in [0.15, 0.2) is 77.7 Å². The van der Waals surface area contributed by atoms with Crippen molar-refractivity contribution < 1.29 is 14.3 Å². The quantitative estimate of drug-likeness (QED) is 0.372. The van der Waals surface area contributed by atoms with Crippen molar-refractivity contribution in [3.05, 3.63) is 104 Å². The van der Waals surface area contributed by atoms with E-state index in [9.17, 15) is 9.59 Å². The average molecular weight is 470 g/mol. The standard InChI is InChI=1S/C24H17Cl2NO3S/c25-19-10-9-18(21(26)13-19)14-27-23(28)22(31-24(27)29)12-17-7-4-8-20(11-17)30-15-16-5-2-1-3-6-16/h1-13H,14-15H2/b22-12-. The molecular formula is C24H17Cl2NO3S. The van der Waals surface area contributed by atoms with Gasteiger partial charge in [-0.2, -0.15) is 0 Å². The smallest absolute Gasteiger partial charge is 0.293 e. The molecule has 1 heterocycles. The lowest BCUT2D eigenvalue weighted by atomic mass is 10.2. The third-order valence-electron chi connectivity index (χ3n) is 4.62. The Morgan fingerprint density at radius 2 is 1.74 bits per heavy atom. The van der Waals surface area contributed by atoms with Crippen molar-refractivity contribution in [3.8, 4) is 5.75 Å². The molecule has 0 N–H and O–H groups in total. The Labute approximate surface area is 194 Å². The van der Waals surface area contributed by atoms with Crippen molar-refractivity contribution in [2.45, 2.75) is 13.2 Å². The van der Waals surface area contributed by atoms with Gasteiger partial charge in [-0.25, -0.2) is 0 Å². The molecule has 0 bridgehead atoms. The second-order valence-corrected chi connectivity index (χ2v) is 8.69.